The van der Waals surface area contributed by atoms with Gasteiger partial charge in [-0.2, -0.15) is 0 Å². The number of carboxylic acids is 1. The van der Waals surface area contributed by atoms with Crippen molar-refractivity contribution in [3.63, 3.8) is 0 Å². The lowest BCUT2D eigenvalue weighted by atomic mass is 9.87. The molecule has 4 nitrogen and oxygen atoms in total. The van der Waals surface area contributed by atoms with Crippen molar-refractivity contribution in [2.75, 3.05) is 0 Å². The Labute approximate surface area is 115 Å². The average molecular weight is 270 g/mol. The van der Waals surface area contributed by atoms with E-state index < -0.39 is 17.5 Å². The largest absolute Gasteiger partial charge is 0.481 e. The van der Waals surface area contributed by atoms with E-state index in [4.69, 9.17) is 9.84 Å². The number of esters is 1. The van der Waals surface area contributed by atoms with Crippen molar-refractivity contribution < 1.29 is 19.4 Å². The number of rotatable bonds is 8. The van der Waals surface area contributed by atoms with Crippen LogP contribution >= 0.6 is 0 Å². The fourth-order valence-electron chi connectivity index (χ4n) is 2.16. The van der Waals surface area contributed by atoms with E-state index in [0.717, 1.165) is 5.57 Å². The van der Waals surface area contributed by atoms with Gasteiger partial charge in [0.25, 0.3) is 0 Å². The summed E-state index contributed by atoms with van der Waals surface area (Å²) in [6, 6.07) is 0. The molecular formula is C15H26O4. The molecule has 0 aliphatic carbocycles. The van der Waals surface area contributed by atoms with Gasteiger partial charge in [0, 0.05) is 0 Å². The molecule has 19 heavy (non-hydrogen) atoms. The molecule has 4 heteroatoms. The van der Waals surface area contributed by atoms with Gasteiger partial charge in [-0.3, -0.25) is 9.59 Å². The van der Waals surface area contributed by atoms with E-state index in [-0.39, 0.29) is 12.8 Å². The number of carbonyl (C=O) groups is 2. The van der Waals surface area contributed by atoms with E-state index in [1.165, 1.54) is 0 Å². The fraction of sp³-hybridized carbons (Fsp3) is 0.733. The highest BCUT2D eigenvalue weighted by Crippen LogP contribution is 2.30. The van der Waals surface area contributed by atoms with Crippen molar-refractivity contribution in [3.8, 4) is 0 Å². The van der Waals surface area contributed by atoms with Crippen LogP contribution in [0.3, 0.4) is 0 Å². The van der Waals surface area contributed by atoms with Crippen molar-refractivity contribution >= 4 is 11.9 Å². The highest BCUT2D eigenvalue weighted by molar-refractivity contribution is 5.77. The van der Waals surface area contributed by atoms with Gasteiger partial charge in [-0.05, 0) is 31.3 Å². The zero-order chi connectivity index (χ0) is 15.1. The van der Waals surface area contributed by atoms with Crippen LogP contribution in [0.2, 0.25) is 0 Å². The first-order chi connectivity index (χ1) is 8.77. The lowest BCUT2D eigenvalue weighted by Crippen LogP contribution is -2.35. The molecule has 0 aromatic heterocycles. The molecule has 0 rings (SSSR count). The summed E-state index contributed by atoms with van der Waals surface area (Å²) in [5, 5.41) is 8.58. The molecule has 0 amide bonds. The molecule has 0 radical (unpaired) electrons. The molecule has 0 bridgehead atoms. The molecule has 0 aromatic carbocycles. The Morgan fingerprint density at radius 2 is 1.74 bits per heavy atom. The summed E-state index contributed by atoms with van der Waals surface area (Å²) in [4.78, 5) is 22.2. The minimum Gasteiger partial charge on any atom is -0.481 e. The van der Waals surface area contributed by atoms with Crippen LogP contribution in [0.5, 0.6) is 0 Å². The Kier molecular flexibility index (Phi) is 7.42. The van der Waals surface area contributed by atoms with Gasteiger partial charge in [-0.1, -0.05) is 33.8 Å². The number of hydrogen-bond acceptors (Lipinski definition) is 3. The first-order valence-corrected chi connectivity index (χ1v) is 6.90. The Hall–Kier alpha value is -1.32. The Balaban J connectivity index is 4.90. The number of ether oxygens (including phenoxy) is 1. The molecule has 110 valence electrons. The first-order valence-electron chi connectivity index (χ1n) is 6.90. The molecule has 0 aliphatic heterocycles. The van der Waals surface area contributed by atoms with Crippen LogP contribution in [0.25, 0.3) is 0 Å². The van der Waals surface area contributed by atoms with Crippen LogP contribution < -0.4 is 0 Å². The van der Waals surface area contributed by atoms with Crippen LogP contribution in [-0.2, 0) is 14.3 Å². The third-order valence-electron chi connectivity index (χ3n) is 3.30. The van der Waals surface area contributed by atoms with Crippen molar-refractivity contribution in [3.05, 3.63) is 11.6 Å². The summed E-state index contributed by atoms with van der Waals surface area (Å²) in [5.74, 6) is -1.04. The van der Waals surface area contributed by atoms with Gasteiger partial charge in [0.15, 0.2) is 0 Å². The quantitative estimate of drug-likeness (QED) is 0.541. The number of hydrogen-bond donors (Lipinski definition) is 1. The molecule has 0 heterocycles. The predicted octanol–water partition coefficient (Wildman–Crippen LogP) is 3.56. The SMILES string of the molecule is CCC(CC)(OC(=O)CCC(=O)O)C(C)=CC(C)C. The Morgan fingerprint density at radius 1 is 1.21 bits per heavy atom. The lowest BCUT2D eigenvalue weighted by Gasteiger charge is -2.33. The summed E-state index contributed by atoms with van der Waals surface area (Å²) in [6.07, 6.45) is 3.22. The minimum absolute atomic E-state index is 0.0773. The number of allylic oxidation sites excluding steroid dienone is 1. The van der Waals surface area contributed by atoms with Gasteiger partial charge in [0.1, 0.15) is 5.60 Å². The van der Waals surface area contributed by atoms with Gasteiger partial charge in [0.05, 0.1) is 12.8 Å². The summed E-state index contributed by atoms with van der Waals surface area (Å²) in [5.41, 5.74) is 0.441. The third-order valence-corrected chi connectivity index (χ3v) is 3.30. The molecule has 0 spiro atoms. The smallest absolute Gasteiger partial charge is 0.307 e. The molecule has 0 unspecified atom stereocenters. The Morgan fingerprint density at radius 3 is 2.11 bits per heavy atom. The molecule has 0 fully saturated rings. The highest BCUT2D eigenvalue weighted by atomic mass is 16.6. The van der Waals surface area contributed by atoms with Crippen LogP contribution in [0, 0.1) is 5.92 Å². The second kappa shape index (κ2) is 7.97. The van der Waals surface area contributed by atoms with Crippen molar-refractivity contribution in [2.24, 2.45) is 5.92 Å². The van der Waals surface area contributed by atoms with Crippen LogP contribution in [-0.4, -0.2) is 22.6 Å². The van der Waals surface area contributed by atoms with Crippen molar-refractivity contribution in [1.82, 2.24) is 0 Å². The number of carbonyl (C=O) groups excluding carboxylic acids is 1. The lowest BCUT2D eigenvalue weighted by molar-refractivity contribution is -0.159. The number of aliphatic carboxylic acids is 1. The maximum atomic E-state index is 11.8. The number of carboxylic acid groups (broad SMARTS) is 1. The summed E-state index contributed by atoms with van der Waals surface area (Å²) in [6.45, 7) is 10.1. The third kappa shape index (κ3) is 5.90. The van der Waals surface area contributed by atoms with Gasteiger partial charge < -0.3 is 9.84 Å². The maximum Gasteiger partial charge on any atom is 0.307 e. The predicted molar refractivity (Wildman–Crippen MR) is 74.9 cm³/mol. The summed E-state index contributed by atoms with van der Waals surface area (Å²) < 4.78 is 5.58. The standard InChI is InChI=1S/C15H26O4/c1-6-15(7-2,12(5)10-11(3)4)19-14(18)9-8-13(16)17/h10-11H,6-9H2,1-5H3,(H,16,17). The molecule has 0 aliphatic rings. The van der Waals surface area contributed by atoms with Crippen LogP contribution in [0.15, 0.2) is 11.6 Å². The van der Waals surface area contributed by atoms with Crippen molar-refractivity contribution in [1.29, 1.82) is 0 Å². The van der Waals surface area contributed by atoms with Gasteiger partial charge in [0.2, 0.25) is 0 Å². The zero-order valence-electron chi connectivity index (χ0n) is 12.7. The topological polar surface area (TPSA) is 63.6 Å². The van der Waals surface area contributed by atoms with E-state index in [1.54, 1.807) is 0 Å². The van der Waals surface area contributed by atoms with E-state index in [1.807, 2.05) is 20.8 Å². The maximum absolute atomic E-state index is 11.8. The summed E-state index contributed by atoms with van der Waals surface area (Å²) >= 11 is 0. The van der Waals surface area contributed by atoms with Crippen molar-refractivity contribution in [2.45, 2.75) is 65.9 Å². The average Bonchev–Trinajstić information content (AvgIpc) is 2.32. The molecule has 0 saturated carbocycles. The normalized spacial score (nSPS) is 12.6. The van der Waals surface area contributed by atoms with Gasteiger partial charge >= 0.3 is 11.9 Å². The molecule has 0 atom stereocenters. The fourth-order valence-corrected chi connectivity index (χ4v) is 2.16. The van der Waals surface area contributed by atoms with E-state index in [9.17, 15) is 9.59 Å². The highest BCUT2D eigenvalue weighted by Gasteiger charge is 2.32. The van der Waals surface area contributed by atoms with Gasteiger partial charge in [-0.25, -0.2) is 0 Å². The molecule has 0 aromatic rings. The second-order valence-corrected chi connectivity index (χ2v) is 5.16. The van der Waals surface area contributed by atoms with Gasteiger partial charge in [-0.15, -0.1) is 0 Å². The van der Waals surface area contributed by atoms with Crippen LogP contribution in [0.4, 0.5) is 0 Å². The van der Waals surface area contributed by atoms with E-state index >= 15 is 0 Å². The Bertz CT molecular complexity index is 338. The monoisotopic (exact) mass is 270 g/mol. The van der Waals surface area contributed by atoms with E-state index in [2.05, 4.69) is 19.9 Å². The molecule has 1 N–H and O–H groups in total. The first kappa shape index (κ1) is 17.7. The zero-order valence-corrected chi connectivity index (χ0v) is 12.7. The van der Waals surface area contributed by atoms with Crippen LogP contribution in [0.1, 0.15) is 60.3 Å². The molecule has 0 saturated heterocycles. The minimum atomic E-state index is -0.981. The summed E-state index contributed by atoms with van der Waals surface area (Å²) in [7, 11) is 0. The van der Waals surface area contributed by atoms with E-state index in [0.29, 0.717) is 18.8 Å². The second-order valence-electron chi connectivity index (χ2n) is 5.16. The molecular weight excluding hydrogens is 244 g/mol.